The van der Waals surface area contributed by atoms with Crippen molar-refractivity contribution >= 4 is 49.4 Å². The number of hydrogen-bond donors (Lipinski definition) is 1. The van der Waals surface area contributed by atoms with E-state index in [1.54, 1.807) is 32.2 Å². The van der Waals surface area contributed by atoms with Gasteiger partial charge in [-0.2, -0.15) is 0 Å². The van der Waals surface area contributed by atoms with Crippen molar-refractivity contribution in [1.82, 2.24) is 0 Å². The molecule has 0 saturated heterocycles. The Morgan fingerprint density at radius 3 is 2.29 bits per heavy atom. The lowest BCUT2D eigenvalue weighted by Gasteiger charge is -2.28. The van der Waals surface area contributed by atoms with Gasteiger partial charge in [0.2, 0.25) is 0 Å². The Labute approximate surface area is 214 Å². The largest absolute Gasteiger partial charge is 0.496 e. The number of aliphatic carboxylic acids is 1. The van der Waals surface area contributed by atoms with Gasteiger partial charge in [0.15, 0.2) is 11.5 Å². The molecule has 0 bridgehead atoms. The van der Waals surface area contributed by atoms with Crippen LogP contribution in [0.15, 0.2) is 62.1 Å². The van der Waals surface area contributed by atoms with E-state index in [1.807, 2.05) is 18.2 Å². The number of carboxylic acid groups (broad SMARTS) is 1. The van der Waals surface area contributed by atoms with Gasteiger partial charge in [-0.15, -0.1) is 0 Å². The number of hydrogen-bond acceptors (Lipinski definition) is 5. The van der Waals surface area contributed by atoms with E-state index >= 15 is 0 Å². The molecule has 1 heterocycles. The number of benzene rings is 2. The average Bonchev–Trinajstić information content (AvgIpc) is 3.33. The predicted molar refractivity (Wildman–Crippen MR) is 136 cm³/mol. The van der Waals surface area contributed by atoms with Crippen molar-refractivity contribution in [2.75, 3.05) is 12.0 Å². The molecular formula is C25H25Br2NO6. The minimum Gasteiger partial charge on any atom is -0.496 e. The first kappa shape index (κ1) is 25.8. The van der Waals surface area contributed by atoms with Crippen LogP contribution in [0.25, 0.3) is 0 Å². The van der Waals surface area contributed by atoms with Gasteiger partial charge < -0.3 is 19.0 Å². The van der Waals surface area contributed by atoms with Gasteiger partial charge in [0, 0.05) is 11.3 Å². The first-order valence-corrected chi connectivity index (χ1v) is 12.2. The molecule has 9 heteroatoms. The summed E-state index contributed by atoms with van der Waals surface area (Å²) in [5.41, 5.74) is 1.38. The molecule has 0 aliphatic heterocycles. The molecule has 34 heavy (non-hydrogen) atoms. The summed E-state index contributed by atoms with van der Waals surface area (Å²) in [6, 6.07) is 10.9. The molecule has 0 aliphatic carbocycles. The van der Waals surface area contributed by atoms with Gasteiger partial charge in [-0.05, 0) is 86.7 Å². The molecule has 1 amide bonds. The highest BCUT2D eigenvalue weighted by atomic mass is 79.9. The van der Waals surface area contributed by atoms with Crippen LogP contribution in [-0.2, 0) is 4.79 Å². The molecule has 0 spiro atoms. The number of methoxy groups -OCH3 is 1. The molecular weight excluding hydrogens is 570 g/mol. The van der Waals surface area contributed by atoms with Crippen molar-refractivity contribution < 1.29 is 28.6 Å². The monoisotopic (exact) mass is 593 g/mol. The molecule has 1 N–H and O–H groups in total. The maximum absolute atomic E-state index is 13.2. The normalized spacial score (nSPS) is 11.9. The molecule has 1 atom stereocenters. The highest BCUT2D eigenvalue weighted by molar-refractivity contribution is 9.11. The zero-order valence-corrected chi connectivity index (χ0v) is 22.3. The van der Waals surface area contributed by atoms with E-state index < -0.39 is 17.9 Å². The molecule has 1 aromatic heterocycles. The SMILES string of the molecule is CCC(C(=O)O)N(C(=O)c1ccco1)c1cc(Br)c(Oc2ccc(OC)c(C(C)C)c2)c(Br)c1. The van der Waals surface area contributed by atoms with Crippen LogP contribution in [0.3, 0.4) is 0 Å². The summed E-state index contributed by atoms with van der Waals surface area (Å²) in [5, 5.41) is 9.77. The fraction of sp³-hybridized carbons (Fsp3) is 0.280. The third kappa shape index (κ3) is 5.47. The number of halogens is 2. The van der Waals surface area contributed by atoms with Gasteiger partial charge in [-0.25, -0.2) is 4.79 Å². The summed E-state index contributed by atoms with van der Waals surface area (Å²) in [4.78, 5) is 26.3. The number of anilines is 1. The highest BCUT2D eigenvalue weighted by Gasteiger charge is 2.32. The molecule has 0 saturated carbocycles. The van der Waals surface area contributed by atoms with Crippen LogP contribution >= 0.6 is 31.9 Å². The van der Waals surface area contributed by atoms with Crippen LogP contribution in [0.4, 0.5) is 5.69 Å². The second-order valence-electron chi connectivity index (χ2n) is 7.81. The van der Waals surface area contributed by atoms with Crippen LogP contribution in [0.5, 0.6) is 17.2 Å². The number of furan rings is 1. The fourth-order valence-corrected chi connectivity index (χ4v) is 4.88. The van der Waals surface area contributed by atoms with Crippen LogP contribution in [-0.4, -0.2) is 30.1 Å². The van der Waals surface area contributed by atoms with Crippen LogP contribution in [0.2, 0.25) is 0 Å². The fourth-order valence-electron chi connectivity index (χ4n) is 3.55. The number of ether oxygens (including phenoxy) is 2. The van der Waals surface area contributed by atoms with Gasteiger partial charge in [0.1, 0.15) is 17.5 Å². The molecule has 0 radical (unpaired) electrons. The lowest BCUT2D eigenvalue weighted by atomic mass is 10.0. The number of carbonyl (C=O) groups is 2. The van der Waals surface area contributed by atoms with Crippen LogP contribution in [0, 0.1) is 0 Å². The summed E-state index contributed by atoms with van der Waals surface area (Å²) in [6.07, 6.45) is 1.58. The number of carboxylic acids is 1. The molecule has 180 valence electrons. The molecule has 7 nitrogen and oxygen atoms in total. The summed E-state index contributed by atoms with van der Waals surface area (Å²) in [7, 11) is 1.63. The Hall–Kier alpha value is -2.78. The molecule has 3 rings (SSSR count). The van der Waals surface area contributed by atoms with Gasteiger partial charge in [0.25, 0.3) is 5.91 Å². The summed E-state index contributed by atoms with van der Waals surface area (Å²) < 4.78 is 17.9. The number of rotatable bonds is 9. The Kier molecular flexibility index (Phi) is 8.43. The Bertz CT molecular complexity index is 1150. The van der Waals surface area contributed by atoms with E-state index in [9.17, 15) is 14.7 Å². The van der Waals surface area contributed by atoms with Crippen molar-refractivity contribution in [3.8, 4) is 17.2 Å². The predicted octanol–water partition coefficient (Wildman–Crippen LogP) is 7.24. The highest BCUT2D eigenvalue weighted by Crippen LogP contribution is 2.42. The number of amides is 1. The molecule has 3 aromatic rings. The first-order chi connectivity index (χ1) is 16.2. The van der Waals surface area contributed by atoms with E-state index in [1.165, 1.54) is 17.2 Å². The number of nitrogens with zero attached hydrogens (tertiary/aromatic N) is 1. The molecule has 0 fully saturated rings. The van der Waals surface area contributed by atoms with Crippen molar-refractivity contribution in [3.05, 3.63) is 69.0 Å². The molecule has 2 aromatic carbocycles. The summed E-state index contributed by atoms with van der Waals surface area (Å²) in [6.45, 7) is 5.84. The standard InChI is InChI=1S/C25H25Br2NO6/c1-5-20(25(30)31)28(24(29)22-7-6-10-33-22)15-11-18(26)23(19(27)12-15)34-16-8-9-21(32-4)17(13-16)14(2)3/h6-14,20H,5H2,1-4H3,(H,30,31). The molecule has 1 unspecified atom stereocenters. The van der Waals surface area contributed by atoms with Crippen molar-refractivity contribution in [3.63, 3.8) is 0 Å². The van der Waals surface area contributed by atoms with Gasteiger partial charge in [0.05, 0.1) is 22.3 Å². The van der Waals surface area contributed by atoms with Crippen molar-refractivity contribution in [1.29, 1.82) is 0 Å². The first-order valence-electron chi connectivity index (χ1n) is 10.6. The van der Waals surface area contributed by atoms with Gasteiger partial charge in [-0.3, -0.25) is 9.69 Å². The average molecular weight is 595 g/mol. The second kappa shape index (κ2) is 11.1. The van der Waals surface area contributed by atoms with E-state index in [0.717, 1.165) is 11.3 Å². The Morgan fingerprint density at radius 2 is 1.79 bits per heavy atom. The lowest BCUT2D eigenvalue weighted by Crippen LogP contribution is -2.45. The van der Waals surface area contributed by atoms with E-state index in [-0.39, 0.29) is 18.1 Å². The summed E-state index contributed by atoms with van der Waals surface area (Å²) in [5.74, 6) is 0.485. The zero-order valence-electron chi connectivity index (χ0n) is 19.2. The number of carbonyl (C=O) groups excluding carboxylic acids is 1. The smallest absolute Gasteiger partial charge is 0.326 e. The third-order valence-corrected chi connectivity index (χ3v) is 6.42. The Morgan fingerprint density at radius 1 is 1.12 bits per heavy atom. The zero-order chi connectivity index (χ0) is 25.0. The van der Waals surface area contributed by atoms with Crippen LogP contribution < -0.4 is 14.4 Å². The maximum atomic E-state index is 13.2. The Balaban J connectivity index is 2.02. The van der Waals surface area contributed by atoms with Crippen molar-refractivity contribution in [2.45, 2.75) is 39.2 Å². The van der Waals surface area contributed by atoms with Gasteiger partial charge in [-0.1, -0.05) is 20.8 Å². The quantitative estimate of drug-likeness (QED) is 0.281. The second-order valence-corrected chi connectivity index (χ2v) is 9.52. The maximum Gasteiger partial charge on any atom is 0.326 e. The van der Waals surface area contributed by atoms with E-state index in [4.69, 9.17) is 13.9 Å². The topological polar surface area (TPSA) is 89.2 Å². The van der Waals surface area contributed by atoms with Crippen LogP contribution in [0.1, 0.15) is 49.2 Å². The van der Waals surface area contributed by atoms with Gasteiger partial charge >= 0.3 is 5.97 Å². The minimum atomic E-state index is -1.12. The lowest BCUT2D eigenvalue weighted by molar-refractivity contribution is -0.138. The summed E-state index contributed by atoms with van der Waals surface area (Å²) >= 11 is 7.03. The third-order valence-electron chi connectivity index (χ3n) is 5.24. The van der Waals surface area contributed by atoms with Crippen molar-refractivity contribution in [2.24, 2.45) is 0 Å². The molecule has 0 aliphatic rings. The van der Waals surface area contributed by atoms with E-state index in [0.29, 0.717) is 26.1 Å². The minimum absolute atomic E-state index is 0.0479. The van der Waals surface area contributed by atoms with E-state index in [2.05, 4.69) is 45.7 Å².